The van der Waals surface area contributed by atoms with Gasteiger partial charge in [-0.05, 0) is 43.9 Å². The molecule has 3 rings (SSSR count). The summed E-state index contributed by atoms with van der Waals surface area (Å²) in [4.78, 5) is 26.6. The van der Waals surface area contributed by atoms with Gasteiger partial charge in [-0.25, -0.2) is 0 Å². The highest BCUT2D eigenvalue weighted by atomic mass is 16.5. The Morgan fingerprint density at radius 2 is 1.60 bits per heavy atom. The Kier molecular flexibility index (Phi) is 8.12. The number of nitrogens with one attached hydrogen (secondary N) is 1. The van der Waals surface area contributed by atoms with E-state index in [0.29, 0.717) is 37.6 Å². The summed E-state index contributed by atoms with van der Waals surface area (Å²) in [5, 5.41) is 3.02. The molecule has 1 fully saturated rings. The average Bonchev–Trinajstić information content (AvgIpc) is 2.78. The first kappa shape index (κ1) is 21.7. The van der Waals surface area contributed by atoms with E-state index in [9.17, 15) is 9.59 Å². The number of piperidine rings is 1. The Hall–Kier alpha value is -3.02. The van der Waals surface area contributed by atoms with Crippen molar-refractivity contribution in [1.82, 2.24) is 10.2 Å². The van der Waals surface area contributed by atoms with Gasteiger partial charge in [-0.3, -0.25) is 9.59 Å². The van der Waals surface area contributed by atoms with Crippen LogP contribution in [0.4, 0.5) is 0 Å². The molecule has 2 aromatic carbocycles. The van der Waals surface area contributed by atoms with Crippen molar-refractivity contribution in [3.05, 3.63) is 60.2 Å². The van der Waals surface area contributed by atoms with Gasteiger partial charge in [0.15, 0.2) is 18.1 Å². The van der Waals surface area contributed by atoms with Crippen LogP contribution in [0.2, 0.25) is 0 Å². The zero-order valence-corrected chi connectivity index (χ0v) is 17.5. The molecular weight excluding hydrogens is 380 g/mol. The number of para-hydroxylation sites is 2. The van der Waals surface area contributed by atoms with Gasteiger partial charge in [-0.1, -0.05) is 42.5 Å². The number of ether oxygens (including phenoxy) is 2. The lowest BCUT2D eigenvalue weighted by Gasteiger charge is -2.32. The number of carbonyl (C=O) groups is 2. The fraction of sp³-hybridized carbons (Fsp3) is 0.417. The van der Waals surface area contributed by atoms with Gasteiger partial charge in [0.2, 0.25) is 5.91 Å². The maximum absolute atomic E-state index is 12.5. The van der Waals surface area contributed by atoms with Crippen molar-refractivity contribution in [1.29, 1.82) is 0 Å². The molecule has 6 nitrogen and oxygen atoms in total. The number of nitrogens with zero attached hydrogens (tertiary/aromatic N) is 1. The molecule has 1 saturated heterocycles. The van der Waals surface area contributed by atoms with E-state index in [1.165, 1.54) is 5.56 Å². The number of carbonyl (C=O) groups excluding carboxylic acids is 2. The van der Waals surface area contributed by atoms with E-state index in [1.807, 2.05) is 60.4 Å². The van der Waals surface area contributed by atoms with Crippen LogP contribution in [-0.2, 0) is 16.0 Å². The smallest absolute Gasteiger partial charge is 0.258 e. The number of rotatable bonds is 9. The minimum Gasteiger partial charge on any atom is -0.490 e. The lowest BCUT2D eigenvalue weighted by atomic mass is 10.0. The maximum atomic E-state index is 12.5. The van der Waals surface area contributed by atoms with Crippen LogP contribution < -0.4 is 14.8 Å². The molecule has 0 bridgehead atoms. The van der Waals surface area contributed by atoms with Crippen molar-refractivity contribution < 1.29 is 19.1 Å². The van der Waals surface area contributed by atoms with Gasteiger partial charge >= 0.3 is 0 Å². The summed E-state index contributed by atoms with van der Waals surface area (Å²) in [6.45, 7) is 3.73. The highest BCUT2D eigenvalue weighted by Crippen LogP contribution is 2.26. The van der Waals surface area contributed by atoms with Gasteiger partial charge in [-0.15, -0.1) is 0 Å². The van der Waals surface area contributed by atoms with E-state index >= 15 is 0 Å². The first-order chi connectivity index (χ1) is 14.7. The Morgan fingerprint density at radius 3 is 2.27 bits per heavy atom. The van der Waals surface area contributed by atoms with Crippen molar-refractivity contribution in [3.8, 4) is 11.5 Å². The second-order valence-corrected chi connectivity index (χ2v) is 7.38. The van der Waals surface area contributed by atoms with E-state index in [-0.39, 0.29) is 24.5 Å². The fourth-order valence-corrected chi connectivity index (χ4v) is 3.58. The second-order valence-electron chi connectivity index (χ2n) is 7.38. The zero-order chi connectivity index (χ0) is 21.2. The molecule has 0 unspecified atom stereocenters. The lowest BCUT2D eigenvalue weighted by Crippen LogP contribution is -2.47. The fourth-order valence-electron chi connectivity index (χ4n) is 3.58. The first-order valence-corrected chi connectivity index (χ1v) is 10.6. The van der Waals surface area contributed by atoms with Crippen LogP contribution in [0.3, 0.4) is 0 Å². The van der Waals surface area contributed by atoms with Gasteiger partial charge in [-0.2, -0.15) is 0 Å². The molecule has 2 aromatic rings. The van der Waals surface area contributed by atoms with Crippen LogP contribution in [0, 0.1) is 0 Å². The summed E-state index contributed by atoms with van der Waals surface area (Å²) in [7, 11) is 0. The van der Waals surface area contributed by atoms with E-state index in [1.54, 1.807) is 6.07 Å². The van der Waals surface area contributed by atoms with Crippen LogP contribution in [0.25, 0.3) is 0 Å². The third-order valence-electron chi connectivity index (χ3n) is 5.19. The molecule has 1 aliphatic rings. The minimum atomic E-state index is -0.157. The van der Waals surface area contributed by atoms with E-state index in [2.05, 4.69) is 5.32 Å². The molecule has 1 aliphatic heterocycles. The number of hydrogen-bond donors (Lipinski definition) is 1. The van der Waals surface area contributed by atoms with Crippen LogP contribution >= 0.6 is 0 Å². The Bertz CT molecular complexity index is 817. The van der Waals surface area contributed by atoms with Crippen molar-refractivity contribution in [2.24, 2.45) is 0 Å². The average molecular weight is 411 g/mol. The van der Waals surface area contributed by atoms with Gasteiger partial charge in [0.05, 0.1) is 6.61 Å². The van der Waals surface area contributed by atoms with E-state index < -0.39 is 0 Å². The first-order valence-electron chi connectivity index (χ1n) is 10.6. The number of likely N-dealkylation sites (tertiary alicyclic amines) is 1. The molecule has 1 N–H and O–H groups in total. The standard InChI is InChI=1S/C24H30N2O4/c1-2-29-21-10-6-7-11-22(21)30-18-23(27)25-20-14-16-26(17-15-20)24(28)13-12-19-8-4-3-5-9-19/h3-11,20H,2,12-18H2,1H3,(H,25,27). The molecule has 0 aromatic heterocycles. The van der Waals surface area contributed by atoms with Crippen molar-refractivity contribution >= 4 is 11.8 Å². The summed E-state index contributed by atoms with van der Waals surface area (Å²) in [5.41, 5.74) is 1.18. The zero-order valence-electron chi connectivity index (χ0n) is 17.5. The molecule has 160 valence electrons. The summed E-state index contributed by atoms with van der Waals surface area (Å²) >= 11 is 0. The molecule has 0 saturated carbocycles. The van der Waals surface area contributed by atoms with Crippen LogP contribution in [0.15, 0.2) is 54.6 Å². The predicted molar refractivity (Wildman–Crippen MR) is 116 cm³/mol. The Morgan fingerprint density at radius 1 is 0.967 bits per heavy atom. The number of amides is 2. The summed E-state index contributed by atoms with van der Waals surface area (Å²) in [5.74, 6) is 1.22. The molecule has 0 radical (unpaired) electrons. The Labute approximate surface area is 178 Å². The summed E-state index contributed by atoms with van der Waals surface area (Å²) < 4.78 is 11.1. The summed E-state index contributed by atoms with van der Waals surface area (Å²) in [6.07, 6.45) is 2.81. The highest BCUT2D eigenvalue weighted by Gasteiger charge is 2.23. The SMILES string of the molecule is CCOc1ccccc1OCC(=O)NC1CCN(C(=O)CCc2ccccc2)CC1. The Balaban J connectivity index is 1.37. The third kappa shape index (κ3) is 6.51. The van der Waals surface area contributed by atoms with Crippen molar-refractivity contribution in [3.63, 3.8) is 0 Å². The summed E-state index contributed by atoms with van der Waals surface area (Å²) in [6, 6.07) is 17.5. The van der Waals surface area contributed by atoms with Gasteiger partial charge in [0.1, 0.15) is 0 Å². The quantitative estimate of drug-likeness (QED) is 0.689. The molecule has 6 heteroatoms. The largest absolute Gasteiger partial charge is 0.490 e. The normalized spacial score (nSPS) is 14.2. The molecular formula is C24H30N2O4. The van der Waals surface area contributed by atoms with E-state index in [0.717, 1.165) is 19.3 Å². The van der Waals surface area contributed by atoms with Crippen LogP contribution in [-0.4, -0.2) is 49.1 Å². The minimum absolute atomic E-state index is 0.0552. The third-order valence-corrected chi connectivity index (χ3v) is 5.19. The second kappa shape index (κ2) is 11.2. The van der Waals surface area contributed by atoms with E-state index in [4.69, 9.17) is 9.47 Å². The molecule has 0 spiro atoms. The van der Waals surface area contributed by atoms with Crippen LogP contribution in [0.1, 0.15) is 31.7 Å². The van der Waals surface area contributed by atoms with Gasteiger partial charge < -0.3 is 19.7 Å². The van der Waals surface area contributed by atoms with Gasteiger partial charge in [0, 0.05) is 25.6 Å². The number of hydrogen-bond acceptors (Lipinski definition) is 4. The van der Waals surface area contributed by atoms with Crippen molar-refractivity contribution in [2.75, 3.05) is 26.3 Å². The highest BCUT2D eigenvalue weighted by molar-refractivity contribution is 5.78. The molecule has 0 atom stereocenters. The predicted octanol–water partition coefficient (Wildman–Crippen LogP) is 3.20. The number of benzene rings is 2. The maximum Gasteiger partial charge on any atom is 0.258 e. The molecule has 30 heavy (non-hydrogen) atoms. The number of aryl methyl sites for hydroxylation is 1. The van der Waals surface area contributed by atoms with Crippen molar-refractivity contribution in [2.45, 2.75) is 38.6 Å². The lowest BCUT2D eigenvalue weighted by molar-refractivity contribution is -0.132. The van der Waals surface area contributed by atoms with Crippen LogP contribution in [0.5, 0.6) is 11.5 Å². The monoisotopic (exact) mass is 410 g/mol. The topological polar surface area (TPSA) is 67.9 Å². The molecule has 1 heterocycles. The van der Waals surface area contributed by atoms with Gasteiger partial charge in [0.25, 0.3) is 5.91 Å². The molecule has 2 amide bonds. The molecule has 0 aliphatic carbocycles.